The summed E-state index contributed by atoms with van der Waals surface area (Å²) in [5.41, 5.74) is 2.73. The van der Waals surface area contributed by atoms with Gasteiger partial charge in [0.05, 0.1) is 15.7 Å². The normalized spacial score (nSPS) is 11.4. The van der Waals surface area contributed by atoms with E-state index in [1.807, 2.05) is 48.5 Å². The average molecular weight is 499 g/mol. The third kappa shape index (κ3) is 3.79. The molecule has 0 spiro atoms. The van der Waals surface area contributed by atoms with E-state index in [2.05, 4.69) is 36.9 Å². The Morgan fingerprint density at radius 3 is 2.50 bits per heavy atom. The molecule has 4 aromatic rings. The van der Waals surface area contributed by atoms with Gasteiger partial charge in [-0.2, -0.15) is 0 Å². The molecule has 0 saturated carbocycles. The van der Waals surface area contributed by atoms with Crippen LogP contribution in [-0.4, -0.2) is 11.3 Å². The Labute approximate surface area is 177 Å². The zero-order valence-corrected chi connectivity index (χ0v) is 17.6. The van der Waals surface area contributed by atoms with Crippen molar-refractivity contribution in [3.8, 4) is 16.9 Å². The maximum atomic E-state index is 12.3. The SMILES string of the molecule is O=c1oc2ccccc2cc1-c1ccc(N=Cc2cc(Br)cc(Br)c2O)cc1. The second-order valence-corrected chi connectivity index (χ2v) is 7.89. The van der Waals surface area contributed by atoms with Crippen molar-refractivity contribution in [2.75, 3.05) is 0 Å². The van der Waals surface area contributed by atoms with E-state index in [-0.39, 0.29) is 11.4 Å². The fourth-order valence-electron chi connectivity index (χ4n) is 2.82. The van der Waals surface area contributed by atoms with Gasteiger partial charge in [-0.1, -0.05) is 46.3 Å². The third-order valence-electron chi connectivity index (χ3n) is 4.23. The van der Waals surface area contributed by atoms with Gasteiger partial charge in [0.25, 0.3) is 0 Å². The summed E-state index contributed by atoms with van der Waals surface area (Å²) in [6.07, 6.45) is 1.59. The summed E-state index contributed by atoms with van der Waals surface area (Å²) in [4.78, 5) is 16.7. The number of fused-ring (bicyclic) bond motifs is 1. The van der Waals surface area contributed by atoms with E-state index in [4.69, 9.17) is 4.42 Å². The molecule has 4 rings (SSSR count). The minimum atomic E-state index is -0.376. The second-order valence-electron chi connectivity index (χ2n) is 6.12. The number of aromatic hydroxyl groups is 1. The van der Waals surface area contributed by atoms with Crippen LogP contribution in [0.4, 0.5) is 5.69 Å². The van der Waals surface area contributed by atoms with Gasteiger partial charge in [-0.05, 0) is 57.9 Å². The molecule has 3 aromatic carbocycles. The predicted molar refractivity (Wildman–Crippen MR) is 119 cm³/mol. The van der Waals surface area contributed by atoms with E-state index in [1.54, 1.807) is 24.4 Å². The Hall–Kier alpha value is -2.70. The van der Waals surface area contributed by atoms with Crippen molar-refractivity contribution in [2.45, 2.75) is 0 Å². The maximum Gasteiger partial charge on any atom is 0.344 e. The first-order valence-electron chi connectivity index (χ1n) is 8.37. The molecule has 0 aliphatic carbocycles. The number of hydrogen-bond donors (Lipinski definition) is 1. The second kappa shape index (κ2) is 7.73. The molecule has 0 saturated heterocycles. The molecule has 0 radical (unpaired) electrons. The zero-order valence-electron chi connectivity index (χ0n) is 14.4. The summed E-state index contributed by atoms with van der Waals surface area (Å²) in [6, 6.07) is 20.0. The van der Waals surface area contributed by atoms with Gasteiger partial charge >= 0.3 is 5.63 Å². The van der Waals surface area contributed by atoms with Crippen LogP contribution in [0.1, 0.15) is 5.56 Å². The van der Waals surface area contributed by atoms with Crippen LogP contribution >= 0.6 is 31.9 Å². The predicted octanol–water partition coefficient (Wildman–Crippen LogP) is 6.44. The first kappa shape index (κ1) is 18.7. The quantitative estimate of drug-likeness (QED) is 0.261. The molecular formula is C22H13Br2NO3. The van der Waals surface area contributed by atoms with Crippen molar-refractivity contribution in [3.05, 3.63) is 91.7 Å². The fourth-order valence-corrected chi connectivity index (χ4v) is 4.08. The highest BCUT2D eigenvalue weighted by Gasteiger charge is 2.08. The molecule has 0 atom stereocenters. The monoisotopic (exact) mass is 497 g/mol. The van der Waals surface area contributed by atoms with Crippen molar-refractivity contribution in [2.24, 2.45) is 4.99 Å². The van der Waals surface area contributed by atoms with E-state index in [9.17, 15) is 9.90 Å². The standard InChI is InChI=1S/C22H13Br2NO3/c23-16-9-15(21(26)19(24)11-16)12-25-17-7-5-13(6-8-17)18-10-14-3-1-2-4-20(14)28-22(18)27/h1-12,26H. The van der Waals surface area contributed by atoms with Crippen LogP contribution in [0.25, 0.3) is 22.1 Å². The summed E-state index contributed by atoms with van der Waals surface area (Å²) in [5, 5.41) is 11.0. The van der Waals surface area contributed by atoms with Gasteiger partial charge in [0.2, 0.25) is 0 Å². The van der Waals surface area contributed by atoms with Gasteiger partial charge in [-0.15, -0.1) is 0 Å². The van der Waals surface area contributed by atoms with Gasteiger partial charge in [0.15, 0.2) is 0 Å². The maximum absolute atomic E-state index is 12.3. The summed E-state index contributed by atoms with van der Waals surface area (Å²) < 4.78 is 6.81. The Morgan fingerprint density at radius 1 is 0.964 bits per heavy atom. The van der Waals surface area contributed by atoms with Crippen LogP contribution in [0.15, 0.2) is 89.9 Å². The largest absolute Gasteiger partial charge is 0.506 e. The minimum Gasteiger partial charge on any atom is -0.506 e. The molecule has 1 heterocycles. The van der Waals surface area contributed by atoms with Gasteiger partial charge in [0, 0.05) is 21.6 Å². The van der Waals surface area contributed by atoms with Crippen molar-refractivity contribution < 1.29 is 9.52 Å². The lowest BCUT2D eigenvalue weighted by atomic mass is 10.1. The molecule has 138 valence electrons. The minimum absolute atomic E-state index is 0.123. The van der Waals surface area contributed by atoms with E-state index < -0.39 is 0 Å². The zero-order chi connectivity index (χ0) is 19.7. The van der Waals surface area contributed by atoms with E-state index in [1.165, 1.54) is 0 Å². The van der Waals surface area contributed by atoms with E-state index in [0.717, 1.165) is 15.4 Å². The summed E-state index contributed by atoms with van der Waals surface area (Å²) in [5.74, 6) is 0.123. The van der Waals surface area contributed by atoms with Crippen molar-refractivity contribution in [3.63, 3.8) is 0 Å². The molecular weight excluding hydrogens is 486 g/mol. The lowest BCUT2D eigenvalue weighted by Gasteiger charge is -2.04. The van der Waals surface area contributed by atoms with Crippen molar-refractivity contribution in [1.82, 2.24) is 0 Å². The number of aliphatic imine (C=N–C) groups is 1. The molecule has 1 aromatic heterocycles. The number of benzene rings is 3. The van der Waals surface area contributed by atoms with Gasteiger partial charge in [-0.25, -0.2) is 4.79 Å². The van der Waals surface area contributed by atoms with Gasteiger partial charge < -0.3 is 9.52 Å². The molecule has 1 N–H and O–H groups in total. The van der Waals surface area contributed by atoms with Gasteiger partial charge in [0.1, 0.15) is 11.3 Å². The summed E-state index contributed by atoms with van der Waals surface area (Å²) in [7, 11) is 0. The smallest absolute Gasteiger partial charge is 0.344 e. The highest BCUT2D eigenvalue weighted by Crippen LogP contribution is 2.31. The van der Waals surface area contributed by atoms with Crippen LogP contribution in [0.5, 0.6) is 5.75 Å². The van der Waals surface area contributed by atoms with Crippen LogP contribution in [0.2, 0.25) is 0 Å². The van der Waals surface area contributed by atoms with Crippen LogP contribution in [0.3, 0.4) is 0 Å². The number of phenolic OH excluding ortho intramolecular Hbond substituents is 1. The number of nitrogens with zero attached hydrogens (tertiary/aromatic N) is 1. The fraction of sp³-hybridized carbons (Fsp3) is 0. The number of rotatable bonds is 3. The molecule has 6 heteroatoms. The highest BCUT2D eigenvalue weighted by atomic mass is 79.9. The first-order valence-corrected chi connectivity index (χ1v) is 9.95. The van der Waals surface area contributed by atoms with Crippen LogP contribution in [0, 0.1) is 0 Å². The van der Waals surface area contributed by atoms with E-state index in [0.29, 0.717) is 26.9 Å². The third-order valence-corrected chi connectivity index (χ3v) is 5.29. The highest BCUT2D eigenvalue weighted by molar-refractivity contribution is 9.11. The Kier molecular flexibility index (Phi) is 5.15. The van der Waals surface area contributed by atoms with Gasteiger partial charge in [-0.3, -0.25) is 4.99 Å². The number of phenols is 1. The molecule has 0 amide bonds. The van der Waals surface area contributed by atoms with Crippen LogP contribution < -0.4 is 5.63 Å². The van der Waals surface area contributed by atoms with Crippen molar-refractivity contribution >= 4 is 54.7 Å². The average Bonchev–Trinajstić information content (AvgIpc) is 2.69. The van der Waals surface area contributed by atoms with Crippen molar-refractivity contribution in [1.29, 1.82) is 0 Å². The molecule has 0 bridgehead atoms. The number of halogens is 2. The number of hydrogen-bond acceptors (Lipinski definition) is 4. The molecule has 28 heavy (non-hydrogen) atoms. The van der Waals surface area contributed by atoms with Crippen LogP contribution in [-0.2, 0) is 0 Å². The molecule has 0 aliphatic rings. The lowest BCUT2D eigenvalue weighted by Crippen LogP contribution is -2.02. The molecule has 4 nitrogen and oxygen atoms in total. The Morgan fingerprint density at radius 2 is 1.71 bits per heavy atom. The lowest BCUT2D eigenvalue weighted by molar-refractivity contribution is 0.471. The Bertz CT molecular complexity index is 1260. The first-order chi connectivity index (χ1) is 13.5. The topological polar surface area (TPSA) is 62.8 Å². The Balaban J connectivity index is 1.65. The summed E-state index contributed by atoms with van der Waals surface area (Å²) in [6.45, 7) is 0. The molecule has 0 fully saturated rings. The molecule has 0 aliphatic heterocycles. The summed E-state index contributed by atoms with van der Waals surface area (Å²) >= 11 is 6.69. The number of para-hydroxylation sites is 1. The van der Waals surface area contributed by atoms with E-state index >= 15 is 0 Å². The molecule has 0 unspecified atom stereocenters.